The van der Waals surface area contributed by atoms with E-state index < -0.39 is 11.9 Å². The number of ether oxygens (including phenoxy) is 1. The van der Waals surface area contributed by atoms with Crippen LogP contribution in [-0.2, 0) is 4.79 Å². The number of carbonyl (C=O) groups excluding carboxylic acids is 2. The molecule has 0 atom stereocenters. The molecule has 7 heteroatoms. The van der Waals surface area contributed by atoms with E-state index in [1.807, 2.05) is 48.5 Å². The van der Waals surface area contributed by atoms with Gasteiger partial charge in [-0.25, -0.2) is 5.43 Å². The zero-order valence-corrected chi connectivity index (χ0v) is 15.9. The SMILES string of the molecule is C/C(=N/NC(=O)COc1ccccc1-c1ccccc1)c1ccc(C(=O)[O-])s1. The number of nitrogens with zero attached hydrogens (tertiary/aromatic N) is 1. The van der Waals surface area contributed by atoms with Crippen molar-refractivity contribution in [2.45, 2.75) is 6.92 Å². The van der Waals surface area contributed by atoms with Crippen molar-refractivity contribution in [1.29, 1.82) is 0 Å². The molecular weight excluding hydrogens is 376 g/mol. The van der Waals surface area contributed by atoms with Crippen LogP contribution in [0.15, 0.2) is 71.8 Å². The third-order valence-electron chi connectivity index (χ3n) is 3.84. The Kier molecular flexibility index (Phi) is 6.18. The third-order valence-corrected chi connectivity index (χ3v) is 5.02. The zero-order valence-electron chi connectivity index (χ0n) is 15.0. The van der Waals surface area contributed by atoms with Crippen LogP contribution in [0.5, 0.6) is 5.75 Å². The monoisotopic (exact) mass is 393 g/mol. The number of hydrogen-bond acceptors (Lipinski definition) is 6. The summed E-state index contributed by atoms with van der Waals surface area (Å²) in [7, 11) is 0. The van der Waals surface area contributed by atoms with Gasteiger partial charge in [-0.3, -0.25) is 4.79 Å². The van der Waals surface area contributed by atoms with Crippen LogP contribution in [0.25, 0.3) is 11.1 Å². The topological polar surface area (TPSA) is 90.8 Å². The number of rotatable bonds is 7. The quantitative estimate of drug-likeness (QED) is 0.494. The van der Waals surface area contributed by atoms with Crippen LogP contribution >= 0.6 is 11.3 Å². The maximum Gasteiger partial charge on any atom is 0.277 e. The van der Waals surface area contributed by atoms with Crippen molar-refractivity contribution in [3.63, 3.8) is 0 Å². The van der Waals surface area contributed by atoms with Crippen LogP contribution < -0.4 is 15.3 Å². The zero-order chi connectivity index (χ0) is 19.9. The van der Waals surface area contributed by atoms with Crippen molar-refractivity contribution in [1.82, 2.24) is 5.43 Å². The minimum atomic E-state index is -1.24. The fourth-order valence-electron chi connectivity index (χ4n) is 2.47. The molecule has 0 unspecified atom stereocenters. The summed E-state index contributed by atoms with van der Waals surface area (Å²) in [5.74, 6) is -1.06. The Morgan fingerprint density at radius 3 is 2.39 bits per heavy atom. The largest absolute Gasteiger partial charge is 0.544 e. The molecule has 142 valence electrons. The lowest BCUT2D eigenvalue weighted by Gasteiger charge is -2.11. The average Bonchev–Trinajstić information content (AvgIpc) is 3.22. The van der Waals surface area contributed by atoms with Crippen LogP contribution in [0.4, 0.5) is 0 Å². The maximum absolute atomic E-state index is 12.1. The number of carboxylic acids is 1. The summed E-state index contributed by atoms with van der Waals surface area (Å²) < 4.78 is 5.66. The first-order valence-electron chi connectivity index (χ1n) is 8.46. The molecular formula is C21H17N2O4S-. The molecule has 3 rings (SSSR count). The number of benzene rings is 2. The molecule has 0 aliphatic rings. The normalized spacial score (nSPS) is 11.1. The molecule has 0 fully saturated rings. The number of thiophene rings is 1. The van der Waals surface area contributed by atoms with Crippen LogP contribution in [0.2, 0.25) is 0 Å². The van der Waals surface area contributed by atoms with E-state index in [2.05, 4.69) is 10.5 Å². The summed E-state index contributed by atoms with van der Waals surface area (Å²) >= 11 is 1.04. The van der Waals surface area contributed by atoms with E-state index in [1.165, 1.54) is 6.07 Å². The predicted octanol–water partition coefficient (Wildman–Crippen LogP) is 2.70. The van der Waals surface area contributed by atoms with Crippen molar-refractivity contribution >= 4 is 28.9 Å². The molecule has 2 aromatic carbocycles. The molecule has 0 aliphatic heterocycles. The second-order valence-electron chi connectivity index (χ2n) is 5.83. The molecule has 0 bridgehead atoms. The Labute approximate surface area is 166 Å². The number of carboxylic acid groups (broad SMARTS) is 1. The van der Waals surface area contributed by atoms with E-state index in [0.29, 0.717) is 16.3 Å². The van der Waals surface area contributed by atoms with Gasteiger partial charge in [0.15, 0.2) is 6.61 Å². The van der Waals surface area contributed by atoms with Gasteiger partial charge in [0.05, 0.1) is 21.4 Å². The molecule has 6 nitrogen and oxygen atoms in total. The Hall–Kier alpha value is -3.45. The van der Waals surface area contributed by atoms with Gasteiger partial charge < -0.3 is 14.6 Å². The lowest BCUT2D eigenvalue weighted by molar-refractivity contribution is -0.254. The summed E-state index contributed by atoms with van der Waals surface area (Å²) in [5.41, 5.74) is 4.80. The highest BCUT2D eigenvalue weighted by Gasteiger charge is 2.09. The molecule has 1 heterocycles. The van der Waals surface area contributed by atoms with Gasteiger partial charge in [-0.15, -0.1) is 11.3 Å². The van der Waals surface area contributed by atoms with Crippen LogP contribution in [0.1, 0.15) is 21.5 Å². The fraction of sp³-hybridized carbons (Fsp3) is 0.0952. The predicted molar refractivity (Wildman–Crippen MR) is 106 cm³/mol. The molecule has 1 aromatic heterocycles. The summed E-state index contributed by atoms with van der Waals surface area (Å²) in [6.07, 6.45) is 0. The number of aromatic carboxylic acids is 1. The highest BCUT2D eigenvalue weighted by Crippen LogP contribution is 2.29. The highest BCUT2D eigenvalue weighted by atomic mass is 32.1. The molecule has 0 spiro atoms. The third kappa shape index (κ3) is 4.83. The Balaban J connectivity index is 1.61. The van der Waals surface area contributed by atoms with Crippen molar-refractivity contribution in [2.75, 3.05) is 6.61 Å². The highest BCUT2D eigenvalue weighted by molar-refractivity contribution is 7.15. The first-order valence-corrected chi connectivity index (χ1v) is 9.28. The lowest BCUT2D eigenvalue weighted by atomic mass is 10.1. The Bertz CT molecular complexity index is 1010. The Morgan fingerprint density at radius 1 is 1.00 bits per heavy atom. The molecule has 28 heavy (non-hydrogen) atoms. The lowest BCUT2D eigenvalue weighted by Crippen LogP contribution is -2.25. The number of amides is 1. The van der Waals surface area contributed by atoms with Gasteiger partial charge in [0.2, 0.25) is 0 Å². The van der Waals surface area contributed by atoms with Crippen LogP contribution in [0, 0.1) is 0 Å². The van der Waals surface area contributed by atoms with E-state index in [1.54, 1.807) is 19.1 Å². The van der Waals surface area contributed by atoms with Gasteiger partial charge in [0.1, 0.15) is 5.75 Å². The molecule has 0 saturated heterocycles. The first-order chi connectivity index (χ1) is 13.5. The molecule has 1 amide bonds. The van der Waals surface area contributed by atoms with Gasteiger partial charge in [0, 0.05) is 5.56 Å². The molecule has 0 saturated carbocycles. The van der Waals surface area contributed by atoms with Crippen LogP contribution in [-0.4, -0.2) is 24.2 Å². The van der Waals surface area contributed by atoms with Gasteiger partial charge in [-0.1, -0.05) is 48.5 Å². The summed E-state index contributed by atoms with van der Waals surface area (Å²) in [4.78, 5) is 23.6. The number of nitrogens with one attached hydrogen (secondary N) is 1. The summed E-state index contributed by atoms with van der Waals surface area (Å²) in [6, 6.07) is 20.3. The molecule has 3 aromatic rings. The van der Waals surface area contributed by atoms with Gasteiger partial charge in [0.25, 0.3) is 5.91 Å². The van der Waals surface area contributed by atoms with E-state index in [9.17, 15) is 14.7 Å². The Morgan fingerprint density at radius 2 is 1.68 bits per heavy atom. The van der Waals surface area contributed by atoms with E-state index >= 15 is 0 Å². The van der Waals surface area contributed by atoms with E-state index in [-0.39, 0.29) is 11.5 Å². The number of hydrazone groups is 1. The standard InChI is InChI=1S/C21H18N2O4S/c1-14(18-11-12-19(28-18)21(25)26)22-23-20(24)13-27-17-10-6-5-9-16(17)15-7-3-2-4-8-15/h2-12H,13H2,1H3,(H,23,24)(H,25,26)/p-1/b22-14-. The minimum Gasteiger partial charge on any atom is -0.544 e. The maximum atomic E-state index is 12.1. The van der Waals surface area contributed by atoms with Crippen molar-refractivity contribution in [3.8, 4) is 16.9 Å². The molecule has 1 N–H and O–H groups in total. The second kappa shape index (κ2) is 8.96. The minimum absolute atomic E-state index is 0.108. The van der Waals surface area contributed by atoms with Gasteiger partial charge in [-0.05, 0) is 30.7 Å². The molecule has 0 radical (unpaired) electrons. The van der Waals surface area contributed by atoms with Crippen molar-refractivity contribution in [3.05, 3.63) is 76.5 Å². The van der Waals surface area contributed by atoms with Crippen molar-refractivity contribution < 1.29 is 19.4 Å². The van der Waals surface area contributed by atoms with Gasteiger partial charge >= 0.3 is 0 Å². The summed E-state index contributed by atoms with van der Waals surface area (Å²) in [5, 5.41) is 14.8. The van der Waals surface area contributed by atoms with Crippen LogP contribution in [0.3, 0.4) is 0 Å². The number of carbonyl (C=O) groups is 2. The van der Waals surface area contributed by atoms with Crippen molar-refractivity contribution in [2.24, 2.45) is 5.10 Å². The first kappa shape index (κ1) is 19.3. The second-order valence-corrected chi connectivity index (χ2v) is 6.92. The van der Waals surface area contributed by atoms with E-state index in [4.69, 9.17) is 4.74 Å². The fourth-order valence-corrected chi connectivity index (χ4v) is 3.25. The van der Waals surface area contributed by atoms with E-state index in [0.717, 1.165) is 22.5 Å². The average molecular weight is 393 g/mol. The van der Waals surface area contributed by atoms with Gasteiger partial charge in [-0.2, -0.15) is 5.10 Å². The number of hydrogen-bond donors (Lipinski definition) is 1. The molecule has 0 aliphatic carbocycles. The smallest absolute Gasteiger partial charge is 0.277 e. The summed E-state index contributed by atoms with van der Waals surface area (Å²) in [6.45, 7) is 1.48. The number of para-hydroxylation sites is 1.